The van der Waals surface area contributed by atoms with Crippen molar-refractivity contribution in [1.29, 1.82) is 5.26 Å². The minimum atomic E-state index is -0.622. The molecule has 1 heterocycles. The summed E-state index contributed by atoms with van der Waals surface area (Å²) in [6.45, 7) is 9.83. The third-order valence-electron chi connectivity index (χ3n) is 6.65. The lowest BCUT2D eigenvalue weighted by molar-refractivity contribution is -0.131. The molecule has 0 atom stereocenters. The number of allylic oxidation sites excluding steroid dienone is 3. The first-order valence-corrected chi connectivity index (χ1v) is 13.3. The van der Waals surface area contributed by atoms with Gasteiger partial charge in [-0.05, 0) is 88.5 Å². The Morgan fingerprint density at radius 1 is 1.23 bits per heavy atom. The molecular weight excluding hydrogens is 496 g/mol. The molecule has 0 radical (unpaired) electrons. The van der Waals surface area contributed by atoms with Crippen LogP contribution in [0, 0.1) is 11.3 Å². The van der Waals surface area contributed by atoms with E-state index in [2.05, 4.69) is 34.3 Å². The Hall–Kier alpha value is -4.13. The number of hydrogen-bond donors (Lipinski definition) is 3. The van der Waals surface area contributed by atoms with E-state index in [9.17, 15) is 14.4 Å². The zero-order valence-electron chi connectivity index (χ0n) is 23.0. The molecule has 1 aromatic carbocycles. The van der Waals surface area contributed by atoms with Gasteiger partial charge in [0, 0.05) is 24.3 Å². The largest absolute Gasteiger partial charge is 0.444 e. The van der Waals surface area contributed by atoms with Gasteiger partial charge in [0.2, 0.25) is 5.91 Å². The molecule has 2 aliphatic rings. The van der Waals surface area contributed by atoms with Crippen molar-refractivity contribution in [3.05, 3.63) is 47.7 Å². The van der Waals surface area contributed by atoms with E-state index in [1.807, 2.05) is 12.1 Å². The van der Waals surface area contributed by atoms with E-state index in [0.717, 1.165) is 49.7 Å². The Bertz CT molecular complexity index is 1210. The van der Waals surface area contributed by atoms with Gasteiger partial charge in [-0.1, -0.05) is 18.7 Å². The number of likely N-dealkylation sites (tertiary alicyclic amines) is 1. The maximum Gasteiger partial charge on any atom is 0.408 e. The Morgan fingerprint density at radius 3 is 2.56 bits per heavy atom. The summed E-state index contributed by atoms with van der Waals surface area (Å²) in [5, 5.41) is 14.2. The van der Waals surface area contributed by atoms with Gasteiger partial charge in [-0.15, -0.1) is 0 Å². The van der Waals surface area contributed by atoms with Crippen molar-refractivity contribution < 1.29 is 19.1 Å². The number of anilines is 1. The van der Waals surface area contributed by atoms with E-state index in [0.29, 0.717) is 18.8 Å². The fourth-order valence-corrected chi connectivity index (χ4v) is 4.72. The summed E-state index contributed by atoms with van der Waals surface area (Å²) in [6, 6.07) is 7.76. The van der Waals surface area contributed by atoms with Crippen LogP contribution in [0.2, 0.25) is 0 Å². The summed E-state index contributed by atoms with van der Waals surface area (Å²) in [7, 11) is 0. The lowest BCUT2D eigenvalue weighted by Crippen LogP contribution is -2.44. The number of amides is 3. The number of piperidine rings is 1. The first kappa shape index (κ1) is 29.4. The van der Waals surface area contributed by atoms with Crippen molar-refractivity contribution in [2.75, 3.05) is 25.0 Å². The van der Waals surface area contributed by atoms with Gasteiger partial charge in [-0.2, -0.15) is 5.26 Å². The number of nitrogens with zero attached hydrogens (tertiary/aromatic N) is 3. The number of nitrogens with one attached hydrogen (secondary N) is 2. The minimum absolute atomic E-state index is 0.0968. The van der Waals surface area contributed by atoms with Crippen molar-refractivity contribution in [1.82, 2.24) is 10.2 Å². The highest BCUT2D eigenvalue weighted by atomic mass is 16.6. The highest BCUT2D eigenvalue weighted by Crippen LogP contribution is 2.36. The summed E-state index contributed by atoms with van der Waals surface area (Å²) in [4.78, 5) is 42.6. The molecule has 10 nitrogen and oxygen atoms in total. The Balaban J connectivity index is 1.68. The van der Waals surface area contributed by atoms with Crippen LogP contribution in [0.3, 0.4) is 0 Å². The molecule has 3 rings (SSSR count). The molecule has 0 unspecified atom stereocenters. The quantitative estimate of drug-likeness (QED) is 0.283. The Morgan fingerprint density at radius 2 is 1.95 bits per heavy atom. The minimum Gasteiger partial charge on any atom is -0.444 e. The van der Waals surface area contributed by atoms with Crippen LogP contribution >= 0.6 is 0 Å². The van der Waals surface area contributed by atoms with E-state index in [1.54, 1.807) is 31.7 Å². The third-order valence-corrected chi connectivity index (χ3v) is 6.65. The van der Waals surface area contributed by atoms with Crippen molar-refractivity contribution in [2.24, 2.45) is 10.7 Å². The van der Waals surface area contributed by atoms with Crippen LogP contribution in [0.4, 0.5) is 10.5 Å². The smallest absolute Gasteiger partial charge is 0.408 e. The average Bonchev–Trinajstić information content (AvgIpc) is 2.91. The number of nitriles is 1. The first-order valence-electron chi connectivity index (χ1n) is 13.3. The molecule has 0 aromatic heterocycles. The van der Waals surface area contributed by atoms with E-state index < -0.39 is 17.6 Å². The number of benzene rings is 1. The fraction of sp³-hybridized carbons (Fsp3) is 0.483. The van der Waals surface area contributed by atoms with E-state index in [1.165, 1.54) is 5.57 Å². The second-order valence-electron chi connectivity index (χ2n) is 10.8. The number of amidine groups is 1. The van der Waals surface area contributed by atoms with Crippen molar-refractivity contribution in [3.8, 4) is 6.07 Å². The van der Waals surface area contributed by atoms with Gasteiger partial charge in [0.15, 0.2) is 5.84 Å². The molecule has 39 heavy (non-hydrogen) atoms. The lowest BCUT2D eigenvalue weighted by atomic mass is 9.85. The number of nitrogens with two attached hydrogens (primary N) is 1. The molecular formula is C29H38N6O4. The highest BCUT2D eigenvalue weighted by molar-refractivity contribution is 6.42. The number of alkyl carbamates (subject to hydrolysis) is 1. The molecule has 0 spiro atoms. The van der Waals surface area contributed by atoms with Crippen LogP contribution in [0.25, 0.3) is 5.57 Å². The maximum absolute atomic E-state index is 12.6. The summed E-state index contributed by atoms with van der Waals surface area (Å²) in [6.07, 6.45) is 7.30. The molecule has 10 heteroatoms. The Kier molecular flexibility index (Phi) is 9.88. The SMILES string of the molecule is C=C(C#N)N=C(N)C(=O)Nc1ccc(C2CCN(C(=O)CNC(=O)OC(C)(C)C)CC2)cc1C1=CCCCC1. The van der Waals surface area contributed by atoms with Crippen LogP contribution in [0.1, 0.15) is 76.3 Å². The van der Waals surface area contributed by atoms with Gasteiger partial charge >= 0.3 is 6.09 Å². The van der Waals surface area contributed by atoms with Gasteiger partial charge < -0.3 is 26.0 Å². The van der Waals surface area contributed by atoms with Crippen molar-refractivity contribution in [3.63, 3.8) is 0 Å². The molecule has 1 saturated heterocycles. The van der Waals surface area contributed by atoms with E-state index in [-0.39, 0.29) is 29.9 Å². The predicted octanol–water partition coefficient (Wildman–Crippen LogP) is 4.21. The molecule has 1 aromatic rings. The number of rotatable bonds is 6. The molecule has 3 amide bonds. The zero-order chi connectivity index (χ0) is 28.6. The van der Waals surface area contributed by atoms with Crippen LogP contribution in [-0.4, -0.2) is 53.9 Å². The van der Waals surface area contributed by atoms with Crippen LogP contribution < -0.4 is 16.4 Å². The molecule has 4 N–H and O–H groups in total. The van der Waals surface area contributed by atoms with Gasteiger partial charge in [0.25, 0.3) is 5.91 Å². The van der Waals surface area contributed by atoms with E-state index >= 15 is 0 Å². The number of carbonyl (C=O) groups is 3. The second-order valence-corrected chi connectivity index (χ2v) is 10.8. The van der Waals surface area contributed by atoms with Crippen molar-refractivity contribution in [2.45, 2.75) is 70.8 Å². The lowest BCUT2D eigenvalue weighted by Gasteiger charge is -2.33. The molecule has 1 fully saturated rings. The first-order chi connectivity index (χ1) is 18.5. The topological polar surface area (TPSA) is 150 Å². The van der Waals surface area contributed by atoms with Gasteiger partial charge in [0.1, 0.15) is 23.9 Å². The summed E-state index contributed by atoms with van der Waals surface area (Å²) in [5.74, 6) is -0.800. The summed E-state index contributed by atoms with van der Waals surface area (Å²) < 4.78 is 5.20. The molecule has 0 bridgehead atoms. The normalized spacial score (nSPS) is 16.5. The number of ether oxygens (including phenoxy) is 1. The van der Waals surface area contributed by atoms with Gasteiger partial charge in [0.05, 0.1) is 0 Å². The predicted molar refractivity (Wildman–Crippen MR) is 151 cm³/mol. The molecule has 1 aliphatic heterocycles. The van der Waals surface area contributed by atoms with Crippen LogP contribution in [-0.2, 0) is 14.3 Å². The van der Waals surface area contributed by atoms with Crippen LogP contribution in [0.5, 0.6) is 0 Å². The Labute approximate surface area is 230 Å². The standard InChI is InChI=1S/C29H38N6O4/c1-19(17-30)33-26(31)27(37)34-24-11-10-22(16-23(24)21-8-6-5-7-9-21)20-12-14-35(15-13-20)25(36)18-32-28(38)39-29(2,3)4/h8,10-11,16,20H,1,5-7,9,12-15,18H2,2-4H3,(H2,31,33)(H,32,38)(H,34,37). The third kappa shape index (κ3) is 8.70. The zero-order valence-corrected chi connectivity index (χ0v) is 23.0. The number of hydrogen-bond acceptors (Lipinski definition) is 6. The maximum atomic E-state index is 12.6. The number of aliphatic imine (C=N–C) groups is 1. The molecule has 208 valence electrons. The van der Waals surface area contributed by atoms with E-state index in [4.69, 9.17) is 15.7 Å². The van der Waals surface area contributed by atoms with Crippen molar-refractivity contribution >= 4 is 35.0 Å². The monoisotopic (exact) mass is 534 g/mol. The summed E-state index contributed by atoms with van der Waals surface area (Å²) >= 11 is 0. The number of carbonyl (C=O) groups excluding carboxylic acids is 3. The second kappa shape index (κ2) is 13.1. The summed E-state index contributed by atoms with van der Waals surface area (Å²) in [5.41, 5.74) is 8.92. The molecule has 1 aliphatic carbocycles. The van der Waals surface area contributed by atoms with Gasteiger partial charge in [-0.25, -0.2) is 9.79 Å². The average molecular weight is 535 g/mol. The van der Waals surface area contributed by atoms with Gasteiger partial charge in [-0.3, -0.25) is 9.59 Å². The van der Waals surface area contributed by atoms with Crippen LogP contribution in [0.15, 0.2) is 41.5 Å². The highest BCUT2D eigenvalue weighted by Gasteiger charge is 2.26. The fourth-order valence-electron chi connectivity index (χ4n) is 4.72. The molecule has 0 saturated carbocycles.